The quantitative estimate of drug-likeness (QED) is 0.151. The second-order valence-corrected chi connectivity index (χ2v) is 8.86. The molecule has 1 aromatic heterocycles. The Labute approximate surface area is 226 Å². The summed E-state index contributed by atoms with van der Waals surface area (Å²) in [4.78, 5) is 12.7. The van der Waals surface area contributed by atoms with Crippen LogP contribution in [0.15, 0.2) is 90.6 Å². The largest absolute Gasteiger partial charge is 0.489 e. The molecular weight excluding hydrogens is 500 g/mol. The normalized spacial score (nSPS) is 11.1. The second kappa shape index (κ2) is 13.2. The number of hydrogen-bond acceptors (Lipinski definition) is 5. The molecule has 0 saturated heterocycles. The number of carbonyl (C=O) groups excluding carboxylic acids is 1. The van der Waals surface area contributed by atoms with Crippen molar-refractivity contribution in [3.05, 3.63) is 107 Å². The first-order valence-corrected chi connectivity index (χ1v) is 12.5. The molecule has 0 radical (unpaired) electrons. The molecule has 7 nitrogen and oxygen atoms in total. The maximum absolute atomic E-state index is 12.7. The van der Waals surface area contributed by atoms with Gasteiger partial charge in [-0.3, -0.25) is 4.79 Å². The summed E-state index contributed by atoms with van der Waals surface area (Å²) in [6.07, 6.45) is 4.02. The fourth-order valence-electron chi connectivity index (χ4n) is 3.73. The van der Waals surface area contributed by atoms with E-state index in [1.54, 1.807) is 24.1 Å². The molecule has 0 bridgehead atoms. The summed E-state index contributed by atoms with van der Waals surface area (Å²) in [6, 6.07) is 26.7. The minimum atomic E-state index is -0.443. The van der Waals surface area contributed by atoms with Crippen LogP contribution in [0.1, 0.15) is 17.5 Å². The molecule has 8 heteroatoms. The molecule has 0 aliphatic carbocycles. The molecule has 0 saturated carbocycles. The van der Waals surface area contributed by atoms with Gasteiger partial charge < -0.3 is 14.8 Å². The van der Waals surface area contributed by atoms with Gasteiger partial charge in [-0.05, 0) is 54.5 Å². The van der Waals surface area contributed by atoms with E-state index < -0.39 is 5.91 Å². The number of nitrogens with zero attached hydrogens (tertiary/aromatic N) is 3. The maximum Gasteiger partial charge on any atom is 0.261 e. The van der Waals surface area contributed by atoms with Crippen LogP contribution < -0.4 is 10.1 Å². The number of benzene rings is 3. The van der Waals surface area contributed by atoms with Gasteiger partial charge in [0, 0.05) is 42.6 Å². The molecule has 3 aromatic carbocycles. The van der Waals surface area contributed by atoms with E-state index in [1.165, 1.54) is 0 Å². The lowest BCUT2D eigenvalue weighted by Gasteiger charge is -2.08. The topological polar surface area (TPSA) is 89.2 Å². The van der Waals surface area contributed by atoms with Gasteiger partial charge in [-0.25, -0.2) is 4.68 Å². The van der Waals surface area contributed by atoms with Gasteiger partial charge in [-0.15, -0.1) is 0 Å². The van der Waals surface area contributed by atoms with Gasteiger partial charge in [0.05, 0.1) is 5.69 Å². The minimum Gasteiger partial charge on any atom is -0.489 e. The molecule has 1 amide bonds. The average Bonchev–Trinajstić information content (AvgIpc) is 3.38. The summed E-state index contributed by atoms with van der Waals surface area (Å²) in [7, 11) is 1.60. The molecule has 0 unspecified atom stereocenters. The lowest BCUT2D eigenvalue weighted by Crippen LogP contribution is -2.26. The van der Waals surface area contributed by atoms with Gasteiger partial charge in [-0.1, -0.05) is 54.1 Å². The molecule has 0 aliphatic rings. The molecule has 192 valence electrons. The number of rotatable bonds is 11. The molecule has 4 rings (SSSR count). The molecule has 1 N–H and O–H groups in total. The third kappa shape index (κ3) is 7.10. The highest BCUT2D eigenvalue weighted by atomic mass is 35.5. The molecule has 4 aromatic rings. The van der Waals surface area contributed by atoms with Crippen LogP contribution >= 0.6 is 11.6 Å². The number of nitrogens with one attached hydrogen (secondary N) is 1. The molecular formula is C30H27ClN4O3. The summed E-state index contributed by atoms with van der Waals surface area (Å²) < 4.78 is 12.8. The van der Waals surface area contributed by atoms with Crippen molar-refractivity contribution >= 4 is 23.6 Å². The molecule has 0 spiro atoms. The first-order chi connectivity index (χ1) is 18.6. The second-order valence-electron chi connectivity index (χ2n) is 8.43. The van der Waals surface area contributed by atoms with E-state index in [0.29, 0.717) is 48.2 Å². The molecule has 1 heterocycles. The Balaban J connectivity index is 1.64. The van der Waals surface area contributed by atoms with Crippen molar-refractivity contribution in [2.75, 3.05) is 20.3 Å². The fourth-order valence-corrected chi connectivity index (χ4v) is 3.85. The van der Waals surface area contributed by atoms with Gasteiger partial charge in [-0.2, -0.15) is 10.4 Å². The number of hydrogen-bond donors (Lipinski definition) is 1. The Kier molecular flexibility index (Phi) is 9.30. The summed E-state index contributed by atoms with van der Waals surface area (Å²) in [6.45, 7) is 1.32. The van der Waals surface area contributed by atoms with Crippen molar-refractivity contribution in [2.45, 2.75) is 13.0 Å². The van der Waals surface area contributed by atoms with Crippen LogP contribution in [0, 0.1) is 11.3 Å². The average molecular weight is 527 g/mol. The number of aromatic nitrogens is 2. The van der Waals surface area contributed by atoms with Gasteiger partial charge in [0.1, 0.15) is 29.7 Å². The zero-order chi connectivity index (χ0) is 26.7. The highest BCUT2D eigenvalue weighted by Gasteiger charge is 2.15. The molecule has 0 aliphatic heterocycles. The number of nitriles is 1. The highest BCUT2D eigenvalue weighted by Crippen LogP contribution is 2.29. The zero-order valence-corrected chi connectivity index (χ0v) is 21.7. The smallest absolute Gasteiger partial charge is 0.261 e. The number of carbonyl (C=O) groups is 1. The highest BCUT2D eigenvalue weighted by molar-refractivity contribution is 6.30. The lowest BCUT2D eigenvalue weighted by atomic mass is 10.1. The van der Waals surface area contributed by atoms with E-state index >= 15 is 0 Å². The van der Waals surface area contributed by atoms with Crippen LogP contribution in [-0.2, 0) is 16.1 Å². The Morgan fingerprint density at radius 1 is 1.11 bits per heavy atom. The number of methoxy groups -OCH3 is 1. The Morgan fingerprint density at radius 2 is 1.89 bits per heavy atom. The monoisotopic (exact) mass is 526 g/mol. The third-order valence-corrected chi connectivity index (χ3v) is 5.92. The van der Waals surface area contributed by atoms with Crippen LogP contribution in [0.4, 0.5) is 0 Å². The summed E-state index contributed by atoms with van der Waals surface area (Å²) in [5.41, 5.74) is 3.87. The van der Waals surface area contributed by atoms with Crippen LogP contribution in [0.5, 0.6) is 5.75 Å². The van der Waals surface area contributed by atoms with Crippen LogP contribution in [0.3, 0.4) is 0 Å². The van der Waals surface area contributed by atoms with Crippen LogP contribution in [-0.4, -0.2) is 35.9 Å². The predicted molar refractivity (Wildman–Crippen MR) is 148 cm³/mol. The number of para-hydroxylation sites is 1. The molecule has 0 atom stereocenters. The number of ether oxygens (including phenoxy) is 2. The molecule has 38 heavy (non-hydrogen) atoms. The number of amides is 1. The Bertz CT molecular complexity index is 1440. The van der Waals surface area contributed by atoms with E-state index in [1.807, 2.05) is 84.9 Å². The van der Waals surface area contributed by atoms with Crippen molar-refractivity contribution < 1.29 is 14.3 Å². The summed E-state index contributed by atoms with van der Waals surface area (Å²) in [5, 5.41) is 18.0. The first-order valence-electron chi connectivity index (χ1n) is 12.1. The van der Waals surface area contributed by atoms with E-state index in [0.717, 1.165) is 16.8 Å². The Morgan fingerprint density at radius 3 is 2.63 bits per heavy atom. The van der Waals surface area contributed by atoms with E-state index in [2.05, 4.69) is 5.32 Å². The van der Waals surface area contributed by atoms with Crippen molar-refractivity contribution in [3.63, 3.8) is 0 Å². The Hall–Kier alpha value is -4.38. The first kappa shape index (κ1) is 26.7. The van der Waals surface area contributed by atoms with Crippen LogP contribution in [0.2, 0.25) is 5.02 Å². The predicted octanol–water partition coefficient (Wildman–Crippen LogP) is 5.83. The summed E-state index contributed by atoms with van der Waals surface area (Å²) in [5.74, 6) is 0.222. The van der Waals surface area contributed by atoms with Gasteiger partial charge in [0.2, 0.25) is 0 Å². The van der Waals surface area contributed by atoms with Crippen molar-refractivity contribution in [3.8, 4) is 28.8 Å². The van der Waals surface area contributed by atoms with Gasteiger partial charge in [0.15, 0.2) is 0 Å². The van der Waals surface area contributed by atoms with Crippen LogP contribution in [0.25, 0.3) is 23.0 Å². The van der Waals surface area contributed by atoms with E-state index in [4.69, 9.17) is 26.2 Å². The molecule has 0 fully saturated rings. The maximum atomic E-state index is 12.7. The SMILES string of the molecule is COCCCNC(=O)C(C#N)=Cc1cn(-c2ccccc2)nc1-c1cccc(OCc2ccc(Cl)cc2)c1. The fraction of sp³-hybridized carbons (Fsp3) is 0.167. The van der Waals surface area contributed by atoms with E-state index in [9.17, 15) is 10.1 Å². The van der Waals surface area contributed by atoms with Crippen molar-refractivity contribution in [1.82, 2.24) is 15.1 Å². The minimum absolute atomic E-state index is 0.00794. The third-order valence-electron chi connectivity index (χ3n) is 5.67. The van der Waals surface area contributed by atoms with Crippen molar-refractivity contribution in [1.29, 1.82) is 5.26 Å². The standard InChI is InChI=1S/C30H27ClN4O3/c1-37-16-6-15-33-30(36)24(19-32)17-25-20-35(27-8-3-2-4-9-27)34-29(25)23-7-5-10-28(18-23)38-21-22-11-13-26(31)14-12-22/h2-5,7-14,17-18,20H,6,15-16,21H2,1H3,(H,33,36). The summed E-state index contributed by atoms with van der Waals surface area (Å²) >= 11 is 5.98. The zero-order valence-electron chi connectivity index (χ0n) is 20.9. The van der Waals surface area contributed by atoms with Crippen molar-refractivity contribution in [2.24, 2.45) is 0 Å². The number of halogens is 1. The van der Waals surface area contributed by atoms with E-state index in [-0.39, 0.29) is 5.57 Å². The van der Waals surface area contributed by atoms with Gasteiger partial charge in [0.25, 0.3) is 5.91 Å². The lowest BCUT2D eigenvalue weighted by molar-refractivity contribution is -0.117. The van der Waals surface area contributed by atoms with Gasteiger partial charge >= 0.3 is 0 Å².